The summed E-state index contributed by atoms with van der Waals surface area (Å²) in [5.74, 6) is 0.571. The van der Waals surface area contributed by atoms with Gasteiger partial charge >= 0.3 is 0 Å². The molecule has 1 fully saturated rings. The lowest BCUT2D eigenvalue weighted by molar-refractivity contribution is 0.224. The van der Waals surface area contributed by atoms with Crippen LogP contribution in [0.25, 0.3) is 0 Å². The number of guanidine groups is 1. The molecule has 1 saturated heterocycles. The first kappa shape index (κ1) is 23.1. The monoisotopic (exact) mass is 476 g/mol. The van der Waals surface area contributed by atoms with Crippen molar-refractivity contribution >= 4 is 29.9 Å². The van der Waals surface area contributed by atoms with Gasteiger partial charge in [-0.25, -0.2) is 9.38 Å². The fourth-order valence-electron chi connectivity index (χ4n) is 3.16. The molecule has 2 N–H and O–H groups in total. The van der Waals surface area contributed by atoms with E-state index in [1.54, 1.807) is 12.1 Å². The van der Waals surface area contributed by atoms with E-state index in [0.29, 0.717) is 12.1 Å². The topological polar surface area (TPSA) is 39.7 Å². The van der Waals surface area contributed by atoms with Crippen LogP contribution < -0.4 is 10.6 Å². The predicted molar refractivity (Wildman–Crippen MR) is 119 cm³/mol. The summed E-state index contributed by atoms with van der Waals surface area (Å²) >= 11 is 0. The van der Waals surface area contributed by atoms with E-state index in [2.05, 4.69) is 20.5 Å². The molecule has 0 amide bonds. The Morgan fingerprint density at radius 3 is 2.58 bits per heavy atom. The molecule has 1 aliphatic heterocycles. The summed E-state index contributed by atoms with van der Waals surface area (Å²) in [6.07, 6.45) is 7.77. The third kappa shape index (κ3) is 9.16. The maximum Gasteiger partial charge on any atom is 0.191 e. The van der Waals surface area contributed by atoms with Gasteiger partial charge in [-0.2, -0.15) is 0 Å². The molecule has 0 saturated carbocycles. The van der Waals surface area contributed by atoms with Crippen LogP contribution in [0.3, 0.4) is 0 Å². The van der Waals surface area contributed by atoms with Gasteiger partial charge in [-0.05, 0) is 58.3 Å². The van der Waals surface area contributed by atoms with Crippen molar-refractivity contribution in [1.82, 2.24) is 15.5 Å². The van der Waals surface area contributed by atoms with Crippen LogP contribution >= 0.6 is 24.0 Å². The van der Waals surface area contributed by atoms with E-state index in [1.807, 2.05) is 13.0 Å². The summed E-state index contributed by atoms with van der Waals surface area (Å²) < 4.78 is 13.7. The largest absolute Gasteiger partial charge is 0.357 e. The third-order valence-electron chi connectivity index (χ3n) is 4.60. The average molecular weight is 476 g/mol. The van der Waals surface area contributed by atoms with Crippen LogP contribution in [0.4, 0.5) is 4.39 Å². The molecule has 0 aromatic heterocycles. The van der Waals surface area contributed by atoms with Gasteiger partial charge in [0.25, 0.3) is 0 Å². The number of piperidine rings is 1. The Morgan fingerprint density at radius 2 is 1.85 bits per heavy atom. The van der Waals surface area contributed by atoms with E-state index < -0.39 is 0 Å². The molecule has 0 aliphatic carbocycles. The molecule has 0 atom stereocenters. The second-order valence-electron chi connectivity index (χ2n) is 6.68. The molecule has 148 valence electrons. The molecule has 0 radical (unpaired) electrons. The van der Waals surface area contributed by atoms with Crippen LogP contribution in [0.5, 0.6) is 0 Å². The number of benzene rings is 1. The van der Waals surface area contributed by atoms with Crippen LogP contribution in [-0.2, 0) is 6.54 Å². The van der Waals surface area contributed by atoms with Crippen molar-refractivity contribution < 1.29 is 4.39 Å². The number of halogens is 2. The molecular weight excluding hydrogens is 442 g/mol. The first-order chi connectivity index (χ1) is 12.3. The van der Waals surface area contributed by atoms with Gasteiger partial charge in [-0.1, -0.05) is 31.0 Å². The Morgan fingerprint density at radius 1 is 1.08 bits per heavy atom. The van der Waals surface area contributed by atoms with E-state index in [0.717, 1.165) is 25.5 Å². The lowest BCUT2D eigenvalue weighted by Crippen LogP contribution is -2.37. The van der Waals surface area contributed by atoms with Crippen molar-refractivity contribution in [3.8, 4) is 0 Å². The molecular formula is C20H34FIN4. The van der Waals surface area contributed by atoms with Crippen molar-refractivity contribution in [2.24, 2.45) is 4.99 Å². The summed E-state index contributed by atoms with van der Waals surface area (Å²) in [5.41, 5.74) is 0.626. The second kappa shape index (κ2) is 14.2. The Bertz CT molecular complexity index is 518. The molecule has 0 unspecified atom stereocenters. The van der Waals surface area contributed by atoms with Crippen LogP contribution in [0.1, 0.15) is 51.0 Å². The zero-order valence-corrected chi connectivity index (χ0v) is 18.3. The van der Waals surface area contributed by atoms with Gasteiger partial charge in [0, 0.05) is 18.7 Å². The molecule has 1 aliphatic rings. The first-order valence-corrected chi connectivity index (χ1v) is 9.77. The number of unbranched alkanes of at least 4 members (excludes halogenated alkanes) is 2. The lowest BCUT2D eigenvalue weighted by Gasteiger charge is -2.26. The number of rotatable bonds is 9. The number of nitrogens with zero attached hydrogens (tertiary/aromatic N) is 2. The first-order valence-electron chi connectivity index (χ1n) is 9.77. The number of hydrogen-bond acceptors (Lipinski definition) is 2. The van der Waals surface area contributed by atoms with E-state index in [-0.39, 0.29) is 29.8 Å². The standard InChI is InChI=1S/C20H33FN4.HI/c1-2-22-20(24-17-18-11-5-6-12-19(18)21)23-13-7-3-8-14-25-15-9-4-10-16-25;/h5-6,11-12H,2-4,7-10,13-17H2,1H3,(H2,22,23,24);1H. The van der Waals surface area contributed by atoms with Gasteiger partial charge in [0.2, 0.25) is 0 Å². The minimum absolute atomic E-state index is 0. The maximum absolute atomic E-state index is 13.7. The molecule has 1 aromatic carbocycles. The fourth-order valence-corrected chi connectivity index (χ4v) is 3.16. The van der Waals surface area contributed by atoms with E-state index in [4.69, 9.17) is 0 Å². The number of aliphatic imine (C=N–C) groups is 1. The zero-order chi connectivity index (χ0) is 17.7. The molecule has 0 spiro atoms. The Kier molecular flexibility index (Phi) is 12.6. The highest BCUT2D eigenvalue weighted by molar-refractivity contribution is 14.0. The lowest BCUT2D eigenvalue weighted by atomic mass is 10.1. The minimum atomic E-state index is -0.195. The molecule has 1 aromatic rings. The van der Waals surface area contributed by atoms with Crippen molar-refractivity contribution in [2.75, 3.05) is 32.7 Å². The number of hydrogen-bond donors (Lipinski definition) is 2. The summed E-state index contributed by atoms with van der Waals surface area (Å²) in [6, 6.07) is 6.81. The highest BCUT2D eigenvalue weighted by atomic mass is 127. The quantitative estimate of drug-likeness (QED) is 0.244. The minimum Gasteiger partial charge on any atom is -0.357 e. The molecule has 4 nitrogen and oxygen atoms in total. The Labute approximate surface area is 175 Å². The smallest absolute Gasteiger partial charge is 0.191 e. The van der Waals surface area contributed by atoms with Crippen LogP contribution in [0, 0.1) is 5.82 Å². The van der Waals surface area contributed by atoms with Gasteiger partial charge in [0.1, 0.15) is 5.82 Å². The average Bonchev–Trinajstić information content (AvgIpc) is 2.64. The van der Waals surface area contributed by atoms with E-state index in [1.165, 1.54) is 57.8 Å². The SMILES string of the molecule is CCNC(=NCc1ccccc1F)NCCCCCN1CCCCC1.I. The van der Waals surface area contributed by atoms with Crippen LogP contribution in [0.2, 0.25) is 0 Å². The highest BCUT2D eigenvalue weighted by Crippen LogP contribution is 2.10. The Hall–Kier alpha value is -0.890. The van der Waals surface area contributed by atoms with Crippen LogP contribution in [0.15, 0.2) is 29.3 Å². The van der Waals surface area contributed by atoms with Gasteiger partial charge in [-0.15, -0.1) is 24.0 Å². The highest BCUT2D eigenvalue weighted by Gasteiger charge is 2.08. The summed E-state index contributed by atoms with van der Waals surface area (Å²) in [6.45, 7) is 7.91. The third-order valence-corrected chi connectivity index (χ3v) is 4.60. The molecule has 6 heteroatoms. The maximum atomic E-state index is 13.7. The normalized spacial score (nSPS) is 15.4. The fraction of sp³-hybridized carbons (Fsp3) is 0.650. The van der Waals surface area contributed by atoms with Crippen molar-refractivity contribution in [3.05, 3.63) is 35.6 Å². The Balaban J connectivity index is 0.00000338. The van der Waals surface area contributed by atoms with Gasteiger partial charge in [-0.3, -0.25) is 0 Å². The molecule has 0 bridgehead atoms. The van der Waals surface area contributed by atoms with Gasteiger partial charge in [0.05, 0.1) is 6.54 Å². The molecule has 1 heterocycles. The van der Waals surface area contributed by atoms with E-state index in [9.17, 15) is 4.39 Å². The summed E-state index contributed by atoms with van der Waals surface area (Å²) in [4.78, 5) is 7.08. The van der Waals surface area contributed by atoms with Gasteiger partial charge in [0.15, 0.2) is 5.96 Å². The van der Waals surface area contributed by atoms with Crippen LogP contribution in [-0.4, -0.2) is 43.6 Å². The summed E-state index contributed by atoms with van der Waals surface area (Å²) in [5, 5.41) is 6.57. The number of nitrogens with one attached hydrogen (secondary N) is 2. The summed E-state index contributed by atoms with van der Waals surface area (Å²) in [7, 11) is 0. The predicted octanol–water partition coefficient (Wildman–Crippen LogP) is 4.16. The van der Waals surface area contributed by atoms with Gasteiger partial charge < -0.3 is 15.5 Å². The van der Waals surface area contributed by atoms with E-state index >= 15 is 0 Å². The van der Waals surface area contributed by atoms with Crippen molar-refractivity contribution in [2.45, 2.75) is 52.0 Å². The second-order valence-corrected chi connectivity index (χ2v) is 6.68. The zero-order valence-electron chi connectivity index (χ0n) is 16.0. The van der Waals surface area contributed by atoms with Crippen molar-refractivity contribution in [3.63, 3.8) is 0 Å². The van der Waals surface area contributed by atoms with Crippen molar-refractivity contribution in [1.29, 1.82) is 0 Å². The molecule has 2 rings (SSSR count). The molecule has 26 heavy (non-hydrogen) atoms. The number of likely N-dealkylation sites (tertiary alicyclic amines) is 1.